The van der Waals surface area contributed by atoms with E-state index in [0.717, 1.165) is 18.2 Å². The maximum Gasteiger partial charge on any atom is 0.471 e. The fourth-order valence-corrected chi connectivity index (χ4v) is 3.42. The van der Waals surface area contributed by atoms with E-state index in [1.807, 2.05) is 0 Å². The van der Waals surface area contributed by atoms with Crippen LogP contribution in [0.1, 0.15) is 5.56 Å². The predicted octanol–water partition coefficient (Wildman–Crippen LogP) is 2.91. The van der Waals surface area contributed by atoms with E-state index in [-0.39, 0.29) is 4.90 Å². The molecule has 0 radical (unpaired) electrons. The minimum Gasteiger partial charge on any atom is -0.297 e. The number of carbonyl (C=O) groups excluding carboxylic acids is 1. The SMILES string of the molecule is O=C(N(c1cccc(C(F)(F)F)c1)[C@@H]1C=CS(=O)(=O)C1)C(F)(F)F. The van der Waals surface area contributed by atoms with Crippen LogP contribution in [-0.2, 0) is 20.8 Å². The summed E-state index contributed by atoms with van der Waals surface area (Å²) >= 11 is 0. The van der Waals surface area contributed by atoms with Crippen molar-refractivity contribution < 1.29 is 39.6 Å². The largest absolute Gasteiger partial charge is 0.471 e. The van der Waals surface area contributed by atoms with E-state index in [9.17, 15) is 39.6 Å². The van der Waals surface area contributed by atoms with Gasteiger partial charge < -0.3 is 0 Å². The summed E-state index contributed by atoms with van der Waals surface area (Å²) in [4.78, 5) is 11.6. The smallest absolute Gasteiger partial charge is 0.297 e. The van der Waals surface area contributed by atoms with Crippen LogP contribution in [0.3, 0.4) is 0 Å². The Morgan fingerprint density at radius 3 is 2.21 bits per heavy atom. The molecule has 0 saturated heterocycles. The summed E-state index contributed by atoms with van der Waals surface area (Å²) in [6.07, 6.45) is -9.38. The Hall–Kier alpha value is -2.04. The number of hydrogen-bond donors (Lipinski definition) is 0. The zero-order chi connectivity index (χ0) is 18.3. The molecule has 0 saturated carbocycles. The molecule has 0 N–H and O–H groups in total. The van der Waals surface area contributed by atoms with E-state index < -0.39 is 51.1 Å². The van der Waals surface area contributed by atoms with Crippen LogP contribution in [0.4, 0.5) is 32.0 Å². The molecule has 0 spiro atoms. The number of amides is 1. The van der Waals surface area contributed by atoms with Gasteiger partial charge in [-0.05, 0) is 24.3 Å². The fourth-order valence-electron chi connectivity index (χ4n) is 2.15. The highest BCUT2D eigenvalue weighted by molar-refractivity contribution is 7.94. The van der Waals surface area contributed by atoms with Crippen LogP contribution in [0.15, 0.2) is 35.7 Å². The van der Waals surface area contributed by atoms with Crippen molar-refractivity contribution in [3.05, 3.63) is 41.3 Å². The lowest BCUT2D eigenvalue weighted by molar-refractivity contribution is -0.170. The molecule has 1 heterocycles. The molecule has 1 aromatic rings. The maximum absolute atomic E-state index is 12.8. The van der Waals surface area contributed by atoms with E-state index in [0.29, 0.717) is 17.5 Å². The number of hydrogen-bond acceptors (Lipinski definition) is 3. The summed E-state index contributed by atoms with van der Waals surface area (Å²) in [5, 5.41) is 0.627. The number of nitrogens with zero attached hydrogens (tertiary/aromatic N) is 1. The molecule has 2 rings (SSSR count). The van der Waals surface area contributed by atoms with E-state index >= 15 is 0 Å². The van der Waals surface area contributed by atoms with E-state index in [1.54, 1.807) is 0 Å². The molecular weight excluding hydrogens is 364 g/mol. The van der Waals surface area contributed by atoms with Crippen LogP contribution in [0, 0.1) is 0 Å². The summed E-state index contributed by atoms with van der Waals surface area (Å²) in [5.74, 6) is -3.29. The second-order valence-electron chi connectivity index (χ2n) is 4.95. The van der Waals surface area contributed by atoms with Gasteiger partial charge in [-0.2, -0.15) is 26.3 Å². The third kappa shape index (κ3) is 3.89. The van der Waals surface area contributed by atoms with E-state index in [4.69, 9.17) is 0 Å². The Kier molecular flexibility index (Phi) is 4.42. The third-order valence-electron chi connectivity index (χ3n) is 3.16. The van der Waals surface area contributed by atoms with Gasteiger partial charge in [-0.1, -0.05) is 6.07 Å². The maximum atomic E-state index is 12.8. The topological polar surface area (TPSA) is 54.5 Å². The van der Waals surface area contributed by atoms with Gasteiger partial charge in [-0.15, -0.1) is 0 Å². The van der Waals surface area contributed by atoms with Crippen LogP contribution >= 0.6 is 0 Å². The molecule has 0 unspecified atom stereocenters. The molecule has 24 heavy (non-hydrogen) atoms. The first-order valence-corrected chi connectivity index (χ1v) is 8.01. The van der Waals surface area contributed by atoms with E-state index in [2.05, 4.69) is 0 Å². The highest BCUT2D eigenvalue weighted by atomic mass is 32.2. The van der Waals surface area contributed by atoms with Gasteiger partial charge >= 0.3 is 18.3 Å². The van der Waals surface area contributed by atoms with Crippen molar-refractivity contribution in [3.63, 3.8) is 0 Å². The zero-order valence-electron chi connectivity index (χ0n) is 11.6. The number of rotatable bonds is 2. The minimum absolute atomic E-state index is 0.0102. The van der Waals surface area contributed by atoms with Gasteiger partial charge in [0.25, 0.3) is 0 Å². The quantitative estimate of drug-likeness (QED) is 0.749. The summed E-state index contributed by atoms with van der Waals surface area (Å²) < 4.78 is 99.3. The molecule has 11 heteroatoms. The van der Waals surface area contributed by atoms with Crippen molar-refractivity contribution in [1.29, 1.82) is 0 Å². The Labute approximate surface area is 132 Å². The Balaban J connectivity index is 2.52. The molecule has 132 valence electrons. The monoisotopic (exact) mass is 373 g/mol. The van der Waals surface area contributed by atoms with Crippen molar-refractivity contribution in [2.45, 2.75) is 18.4 Å². The van der Waals surface area contributed by atoms with Crippen molar-refractivity contribution in [1.82, 2.24) is 0 Å². The van der Waals surface area contributed by atoms with Crippen LogP contribution in [-0.4, -0.2) is 32.3 Å². The first-order chi connectivity index (χ1) is 10.8. The molecule has 1 amide bonds. The summed E-state index contributed by atoms with van der Waals surface area (Å²) in [6.45, 7) is 0. The third-order valence-corrected chi connectivity index (χ3v) is 4.53. The summed E-state index contributed by atoms with van der Waals surface area (Å²) in [5.41, 5.74) is -1.95. The lowest BCUT2D eigenvalue weighted by atomic mass is 10.1. The number of sulfone groups is 1. The van der Waals surface area contributed by atoms with Crippen LogP contribution in [0.25, 0.3) is 0 Å². The van der Waals surface area contributed by atoms with Gasteiger partial charge in [0.2, 0.25) is 0 Å². The summed E-state index contributed by atoms with van der Waals surface area (Å²) in [6, 6.07) is 1.15. The van der Waals surface area contributed by atoms with Crippen LogP contribution in [0.2, 0.25) is 0 Å². The highest BCUT2D eigenvalue weighted by Crippen LogP contribution is 2.34. The van der Waals surface area contributed by atoms with Crippen molar-refractivity contribution >= 4 is 21.4 Å². The second-order valence-corrected chi connectivity index (χ2v) is 6.88. The molecule has 4 nitrogen and oxygen atoms in total. The lowest BCUT2D eigenvalue weighted by Gasteiger charge is -2.28. The van der Waals surface area contributed by atoms with Gasteiger partial charge in [-0.3, -0.25) is 9.69 Å². The van der Waals surface area contributed by atoms with Crippen molar-refractivity contribution in [3.8, 4) is 0 Å². The average Bonchev–Trinajstić information content (AvgIpc) is 2.77. The van der Waals surface area contributed by atoms with E-state index in [1.165, 1.54) is 0 Å². The molecule has 0 aliphatic carbocycles. The normalized spacial score (nSPS) is 20.2. The molecule has 1 atom stereocenters. The number of carbonyl (C=O) groups is 1. The molecule has 1 aliphatic heterocycles. The first kappa shape index (κ1) is 18.3. The van der Waals surface area contributed by atoms with Gasteiger partial charge in [0, 0.05) is 11.1 Å². The highest BCUT2D eigenvalue weighted by Gasteiger charge is 2.46. The standard InChI is InChI=1S/C13H9F6NO3S/c14-12(15,16)8-2-1-3-9(6-8)20(11(21)13(17,18)19)10-4-5-24(22,23)7-10/h1-6,10H,7H2/t10-/m1/s1. The number of alkyl halides is 6. The van der Waals surface area contributed by atoms with Gasteiger partial charge in [0.05, 0.1) is 17.4 Å². The van der Waals surface area contributed by atoms with Gasteiger partial charge in [-0.25, -0.2) is 8.42 Å². The molecule has 1 aromatic carbocycles. The van der Waals surface area contributed by atoms with Crippen molar-refractivity contribution in [2.24, 2.45) is 0 Å². The molecular formula is C13H9F6NO3S. The molecule has 0 fully saturated rings. The number of halogens is 6. The second kappa shape index (κ2) is 5.80. The Morgan fingerprint density at radius 2 is 1.75 bits per heavy atom. The predicted molar refractivity (Wildman–Crippen MR) is 71.7 cm³/mol. The zero-order valence-corrected chi connectivity index (χ0v) is 12.4. The van der Waals surface area contributed by atoms with Gasteiger partial charge in [0.15, 0.2) is 9.84 Å². The van der Waals surface area contributed by atoms with Crippen molar-refractivity contribution in [2.75, 3.05) is 10.7 Å². The Bertz CT molecular complexity index is 782. The minimum atomic E-state index is -5.38. The molecule has 1 aliphatic rings. The van der Waals surface area contributed by atoms with Crippen LogP contribution < -0.4 is 4.90 Å². The van der Waals surface area contributed by atoms with Crippen LogP contribution in [0.5, 0.6) is 0 Å². The molecule has 0 bridgehead atoms. The number of benzene rings is 1. The Morgan fingerprint density at radius 1 is 1.12 bits per heavy atom. The van der Waals surface area contributed by atoms with Gasteiger partial charge in [0.1, 0.15) is 0 Å². The molecule has 0 aromatic heterocycles. The average molecular weight is 373 g/mol. The fraction of sp³-hybridized carbons (Fsp3) is 0.308. The summed E-state index contributed by atoms with van der Waals surface area (Å²) in [7, 11) is -3.83. The lowest BCUT2D eigenvalue weighted by Crippen LogP contribution is -2.48. The first-order valence-electron chi connectivity index (χ1n) is 6.30. The number of anilines is 1.